The lowest BCUT2D eigenvalue weighted by molar-refractivity contribution is -0.125. The highest BCUT2D eigenvalue weighted by Gasteiger charge is 2.10. The van der Waals surface area contributed by atoms with Crippen molar-refractivity contribution >= 4 is 11.6 Å². The summed E-state index contributed by atoms with van der Waals surface area (Å²) in [5.41, 5.74) is 1.13. The van der Waals surface area contributed by atoms with E-state index in [0.29, 0.717) is 6.54 Å². The molecule has 0 aromatic carbocycles. The molecule has 0 heterocycles. The summed E-state index contributed by atoms with van der Waals surface area (Å²) in [5, 5.41) is 6.59. The minimum Gasteiger partial charge on any atom is -0.386 e. The smallest absolute Gasteiger partial charge is 0.260 e. The molecule has 0 saturated heterocycles. The fraction of sp³-hybridized carbons (Fsp3) is 0.833. The molecule has 0 fully saturated rings. The standard InChI is InChI=1S/C12H24N2O2/c1-6-10(2)14-16-9-11(15)13-8-7-12(3,4)5/h6-9H2,1-5H3,(H,13,15)/b14-10+. The van der Waals surface area contributed by atoms with Crippen LogP contribution >= 0.6 is 0 Å². The molecule has 0 aliphatic rings. The molecule has 16 heavy (non-hydrogen) atoms. The normalized spacial score (nSPS) is 12.4. The van der Waals surface area contributed by atoms with E-state index in [2.05, 4.69) is 31.2 Å². The molecule has 0 aliphatic heterocycles. The van der Waals surface area contributed by atoms with Gasteiger partial charge in [-0.1, -0.05) is 32.9 Å². The zero-order valence-corrected chi connectivity index (χ0v) is 11.1. The predicted octanol–water partition coefficient (Wildman–Crippen LogP) is 2.34. The molecule has 1 amide bonds. The van der Waals surface area contributed by atoms with Gasteiger partial charge in [0.2, 0.25) is 0 Å². The van der Waals surface area contributed by atoms with Crippen molar-refractivity contribution in [3.05, 3.63) is 0 Å². The third kappa shape index (κ3) is 9.49. The topological polar surface area (TPSA) is 50.7 Å². The molecule has 0 aliphatic carbocycles. The molecule has 0 rings (SSSR count). The van der Waals surface area contributed by atoms with Gasteiger partial charge in [0.05, 0.1) is 5.71 Å². The molecule has 1 N–H and O–H groups in total. The molecule has 0 saturated carbocycles. The van der Waals surface area contributed by atoms with Crippen LogP contribution in [-0.2, 0) is 9.63 Å². The van der Waals surface area contributed by atoms with Gasteiger partial charge in [-0.05, 0) is 25.2 Å². The molecule has 0 radical (unpaired) electrons. The highest BCUT2D eigenvalue weighted by molar-refractivity contribution is 5.81. The Morgan fingerprint density at radius 1 is 1.38 bits per heavy atom. The summed E-state index contributed by atoms with van der Waals surface area (Å²) in [6, 6.07) is 0. The largest absolute Gasteiger partial charge is 0.386 e. The van der Waals surface area contributed by atoms with Crippen LogP contribution in [-0.4, -0.2) is 24.8 Å². The molecule has 0 unspecified atom stereocenters. The second-order valence-electron chi connectivity index (χ2n) is 5.11. The zero-order chi connectivity index (χ0) is 12.6. The van der Waals surface area contributed by atoms with Gasteiger partial charge in [-0.3, -0.25) is 4.79 Å². The number of hydrogen-bond acceptors (Lipinski definition) is 3. The van der Waals surface area contributed by atoms with E-state index in [0.717, 1.165) is 18.6 Å². The van der Waals surface area contributed by atoms with Crippen molar-refractivity contribution in [3.63, 3.8) is 0 Å². The van der Waals surface area contributed by atoms with Crippen LogP contribution in [0.15, 0.2) is 5.16 Å². The first-order chi connectivity index (χ1) is 7.35. The second-order valence-corrected chi connectivity index (χ2v) is 5.11. The number of carbonyl (C=O) groups excluding carboxylic acids is 1. The Labute approximate surface area is 98.4 Å². The van der Waals surface area contributed by atoms with Crippen LogP contribution in [0.5, 0.6) is 0 Å². The van der Waals surface area contributed by atoms with E-state index in [1.165, 1.54) is 0 Å². The average Bonchev–Trinajstić information content (AvgIpc) is 2.15. The summed E-state index contributed by atoms with van der Waals surface area (Å²) >= 11 is 0. The van der Waals surface area contributed by atoms with Crippen molar-refractivity contribution in [3.8, 4) is 0 Å². The van der Waals surface area contributed by atoms with Crippen LogP contribution in [0, 0.1) is 5.41 Å². The number of rotatable bonds is 6. The molecule has 0 atom stereocenters. The minimum absolute atomic E-state index is 0.00147. The van der Waals surface area contributed by atoms with Crippen molar-refractivity contribution in [2.45, 2.75) is 47.5 Å². The number of nitrogens with zero attached hydrogens (tertiary/aromatic N) is 1. The Kier molecular flexibility index (Phi) is 6.77. The van der Waals surface area contributed by atoms with Crippen molar-refractivity contribution in [2.75, 3.05) is 13.2 Å². The average molecular weight is 228 g/mol. The van der Waals surface area contributed by atoms with Crippen LogP contribution in [0.3, 0.4) is 0 Å². The third-order valence-corrected chi connectivity index (χ3v) is 2.12. The highest BCUT2D eigenvalue weighted by Crippen LogP contribution is 2.16. The van der Waals surface area contributed by atoms with E-state index in [4.69, 9.17) is 4.84 Å². The van der Waals surface area contributed by atoms with E-state index in [1.807, 2.05) is 13.8 Å². The Balaban J connectivity index is 3.61. The van der Waals surface area contributed by atoms with E-state index >= 15 is 0 Å². The van der Waals surface area contributed by atoms with E-state index in [9.17, 15) is 4.79 Å². The number of oxime groups is 1. The number of amides is 1. The molecule has 0 spiro atoms. The monoisotopic (exact) mass is 228 g/mol. The quantitative estimate of drug-likeness (QED) is 0.560. The third-order valence-electron chi connectivity index (χ3n) is 2.12. The Bertz CT molecular complexity index is 242. The van der Waals surface area contributed by atoms with Gasteiger partial charge in [-0.25, -0.2) is 0 Å². The zero-order valence-electron chi connectivity index (χ0n) is 11.1. The van der Waals surface area contributed by atoms with Crippen LogP contribution in [0.1, 0.15) is 47.5 Å². The molecule has 0 bridgehead atoms. The first-order valence-corrected chi connectivity index (χ1v) is 5.77. The first-order valence-electron chi connectivity index (χ1n) is 5.77. The lowest BCUT2D eigenvalue weighted by atomic mass is 9.92. The van der Waals surface area contributed by atoms with Gasteiger partial charge >= 0.3 is 0 Å². The van der Waals surface area contributed by atoms with Crippen LogP contribution in [0.2, 0.25) is 0 Å². The number of carbonyl (C=O) groups is 1. The summed E-state index contributed by atoms with van der Waals surface area (Å²) in [4.78, 5) is 16.2. The summed E-state index contributed by atoms with van der Waals surface area (Å²) < 4.78 is 0. The van der Waals surface area contributed by atoms with Crippen LogP contribution < -0.4 is 5.32 Å². The van der Waals surface area contributed by atoms with Crippen LogP contribution in [0.4, 0.5) is 0 Å². The summed E-state index contributed by atoms with van der Waals surface area (Å²) in [7, 11) is 0. The lowest BCUT2D eigenvalue weighted by Crippen LogP contribution is -2.30. The first kappa shape index (κ1) is 14.9. The lowest BCUT2D eigenvalue weighted by Gasteiger charge is -2.17. The maximum absolute atomic E-state index is 11.3. The predicted molar refractivity (Wildman–Crippen MR) is 66.4 cm³/mol. The summed E-state index contributed by atoms with van der Waals surface area (Å²) in [6.45, 7) is 11.0. The van der Waals surface area contributed by atoms with E-state index < -0.39 is 0 Å². The van der Waals surface area contributed by atoms with Crippen molar-refractivity contribution < 1.29 is 9.63 Å². The van der Waals surface area contributed by atoms with E-state index in [1.54, 1.807) is 0 Å². The fourth-order valence-corrected chi connectivity index (χ4v) is 0.894. The van der Waals surface area contributed by atoms with Gasteiger partial charge in [0, 0.05) is 6.54 Å². The maximum atomic E-state index is 11.3. The van der Waals surface area contributed by atoms with Gasteiger partial charge in [-0.15, -0.1) is 0 Å². The SMILES string of the molecule is CC/C(C)=N/OCC(=O)NCCC(C)(C)C. The Hall–Kier alpha value is -1.06. The van der Waals surface area contributed by atoms with Crippen molar-refractivity contribution in [1.82, 2.24) is 5.32 Å². The van der Waals surface area contributed by atoms with Gasteiger partial charge in [-0.2, -0.15) is 0 Å². The second kappa shape index (κ2) is 7.25. The fourth-order valence-electron chi connectivity index (χ4n) is 0.894. The molecule has 0 aromatic heterocycles. The van der Waals surface area contributed by atoms with Crippen molar-refractivity contribution in [1.29, 1.82) is 0 Å². The summed E-state index contributed by atoms with van der Waals surface area (Å²) in [5.74, 6) is -0.114. The molecular formula is C12H24N2O2. The number of hydrogen-bond donors (Lipinski definition) is 1. The molecule has 94 valence electrons. The van der Waals surface area contributed by atoms with E-state index in [-0.39, 0.29) is 17.9 Å². The van der Waals surface area contributed by atoms with Gasteiger partial charge in [0.25, 0.3) is 5.91 Å². The summed E-state index contributed by atoms with van der Waals surface area (Å²) in [6.07, 6.45) is 1.79. The Morgan fingerprint density at radius 3 is 2.50 bits per heavy atom. The Morgan fingerprint density at radius 2 is 2.00 bits per heavy atom. The molecular weight excluding hydrogens is 204 g/mol. The molecule has 4 heteroatoms. The highest BCUT2D eigenvalue weighted by atomic mass is 16.6. The number of nitrogens with one attached hydrogen (secondary N) is 1. The van der Waals surface area contributed by atoms with Gasteiger partial charge in [0.1, 0.15) is 0 Å². The van der Waals surface area contributed by atoms with Gasteiger partial charge < -0.3 is 10.2 Å². The molecule has 0 aromatic rings. The maximum Gasteiger partial charge on any atom is 0.260 e. The molecule has 4 nitrogen and oxygen atoms in total. The van der Waals surface area contributed by atoms with Crippen molar-refractivity contribution in [2.24, 2.45) is 10.6 Å². The van der Waals surface area contributed by atoms with Crippen LogP contribution in [0.25, 0.3) is 0 Å². The van der Waals surface area contributed by atoms with Gasteiger partial charge in [0.15, 0.2) is 6.61 Å². The minimum atomic E-state index is -0.114.